The molecule has 0 amide bonds. The van der Waals surface area contributed by atoms with Gasteiger partial charge in [0.05, 0.1) is 6.61 Å². The molecule has 0 heterocycles. The highest BCUT2D eigenvalue weighted by molar-refractivity contribution is 7.87. The molecule has 1 unspecified atom stereocenters. The van der Waals surface area contributed by atoms with Gasteiger partial charge in [-0.15, -0.1) is 0 Å². The van der Waals surface area contributed by atoms with Gasteiger partial charge in [-0.25, -0.2) is 9.59 Å². The molecule has 1 rings (SSSR count). The Kier molecular flexibility index (Phi) is 9.38. The third-order valence-electron chi connectivity index (χ3n) is 4.00. The first-order valence-electron chi connectivity index (χ1n) is 9.01. The molecule has 0 saturated heterocycles. The monoisotopic (exact) mass is 544 g/mol. The fourth-order valence-corrected chi connectivity index (χ4v) is 2.71. The van der Waals surface area contributed by atoms with Gasteiger partial charge in [0, 0.05) is 6.42 Å². The van der Waals surface area contributed by atoms with Gasteiger partial charge in [-0.3, -0.25) is 4.55 Å². The van der Waals surface area contributed by atoms with Crippen LogP contribution in [0.2, 0.25) is 0 Å². The van der Waals surface area contributed by atoms with Gasteiger partial charge < -0.3 is 14.2 Å². The second kappa shape index (κ2) is 10.9. The molecule has 1 N–H and O–H groups in total. The number of carbonyl (C=O) groups excluding carboxylic acids is 2. The molecule has 0 aliphatic heterocycles. The van der Waals surface area contributed by atoms with Gasteiger partial charge >= 0.3 is 45.2 Å². The number of halogens is 8. The first kappa shape index (κ1) is 30.2. The van der Waals surface area contributed by atoms with Crippen molar-refractivity contribution in [1.29, 1.82) is 0 Å². The van der Waals surface area contributed by atoms with E-state index in [1.54, 1.807) is 0 Å². The van der Waals surface area contributed by atoms with Crippen LogP contribution in [0.5, 0.6) is 0 Å². The van der Waals surface area contributed by atoms with E-state index in [0.29, 0.717) is 0 Å². The first-order valence-corrected chi connectivity index (χ1v) is 10.4. The lowest BCUT2D eigenvalue weighted by Gasteiger charge is -2.32. The molecule has 35 heavy (non-hydrogen) atoms. The minimum atomic E-state index is -6.62. The summed E-state index contributed by atoms with van der Waals surface area (Å²) in [4.78, 5) is 23.7. The standard InChI is InChI=1S/C18H16F8O8S/c1-11(19)13(27)34-16(17(22,23)24,14(28)32-10-12-6-3-2-4-7-12)33-9-5-8-15(20,21)18(25,26)35(29,30)31/h2-4,6-7H,1,5,8-10H2,(H,29,30,31). The predicted octanol–water partition coefficient (Wildman–Crippen LogP) is 3.93. The largest absolute Gasteiger partial charge is 0.468 e. The SMILES string of the molecule is C=C(F)C(=O)OC(OCCCC(F)(F)C(F)(F)S(=O)(=O)O)(C(=O)OCc1ccccc1)C(F)(F)F. The third-order valence-corrected chi connectivity index (χ3v) is 4.95. The van der Waals surface area contributed by atoms with Crippen LogP contribution in [0.4, 0.5) is 35.1 Å². The van der Waals surface area contributed by atoms with Crippen LogP contribution in [-0.4, -0.2) is 54.7 Å². The van der Waals surface area contributed by atoms with E-state index < -0.39 is 77.1 Å². The Bertz CT molecular complexity index is 1030. The van der Waals surface area contributed by atoms with Crippen molar-refractivity contribution in [3.63, 3.8) is 0 Å². The molecule has 0 aliphatic carbocycles. The van der Waals surface area contributed by atoms with Crippen LogP contribution < -0.4 is 0 Å². The van der Waals surface area contributed by atoms with E-state index in [0.717, 1.165) is 0 Å². The highest BCUT2D eigenvalue weighted by Crippen LogP contribution is 2.42. The van der Waals surface area contributed by atoms with E-state index in [1.165, 1.54) is 30.3 Å². The molecule has 17 heteroatoms. The average molecular weight is 544 g/mol. The second-order valence-electron chi connectivity index (χ2n) is 6.62. The van der Waals surface area contributed by atoms with Crippen molar-refractivity contribution in [3.05, 3.63) is 48.3 Å². The molecule has 0 aliphatic rings. The summed E-state index contributed by atoms with van der Waals surface area (Å²) in [5.74, 6) is -17.3. The Morgan fingerprint density at radius 1 is 1.00 bits per heavy atom. The maximum absolute atomic E-state index is 13.7. The van der Waals surface area contributed by atoms with Crippen LogP contribution in [-0.2, 0) is 40.5 Å². The third kappa shape index (κ3) is 7.11. The zero-order valence-corrected chi connectivity index (χ0v) is 18.0. The first-order chi connectivity index (χ1) is 15.8. The maximum Gasteiger partial charge on any atom is 0.468 e. The van der Waals surface area contributed by atoms with Gasteiger partial charge in [-0.1, -0.05) is 36.9 Å². The quantitative estimate of drug-likeness (QED) is 0.105. The molecular formula is C18H16F8O8S. The van der Waals surface area contributed by atoms with E-state index >= 15 is 0 Å². The van der Waals surface area contributed by atoms with Crippen LogP contribution in [0.15, 0.2) is 42.7 Å². The molecule has 1 aromatic rings. The molecule has 8 nitrogen and oxygen atoms in total. The summed E-state index contributed by atoms with van der Waals surface area (Å²) in [5, 5.41) is -6.02. The summed E-state index contributed by atoms with van der Waals surface area (Å²) >= 11 is 0. The summed E-state index contributed by atoms with van der Waals surface area (Å²) < 4.78 is 149. The fourth-order valence-electron chi connectivity index (χ4n) is 2.23. The van der Waals surface area contributed by atoms with Crippen molar-refractivity contribution in [2.45, 2.75) is 42.6 Å². The minimum Gasteiger partial charge on any atom is -0.456 e. The number of ether oxygens (including phenoxy) is 3. The summed E-state index contributed by atoms with van der Waals surface area (Å²) in [7, 11) is -6.62. The summed E-state index contributed by atoms with van der Waals surface area (Å²) in [5.41, 5.74) is 0.130. The van der Waals surface area contributed by atoms with Crippen molar-refractivity contribution in [1.82, 2.24) is 0 Å². The Morgan fingerprint density at radius 2 is 1.54 bits per heavy atom. The van der Waals surface area contributed by atoms with E-state index in [9.17, 15) is 53.1 Å². The molecule has 0 aromatic heterocycles. The lowest BCUT2D eigenvalue weighted by Crippen LogP contribution is -2.58. The van der Waals surface area contributed by atoms with Crippen molar-refractivity contribution < 1.29 is 71.9 Å². The molecule has 1 atom stereocenters. The molecule has 0 bridgehead atoms. The number of esters is 2. The Labute approximate surface area is 192 Å². The molecule has 0 spiro atoms. The van der Waals surface area contributed by atoms with Crippen LogP contribution in [0.25, 0.3) is 0 Å². The maximum atomic E-state index is 13.7. The van der Waals surface area contributed by atoms with Crippen LogP contribution in [0.1, 0.15) is 18.4 Å². The van der Waals surface area contributed by atoms with Gasteiger partial charge in [0.25, 0.3) is 0 Å². The van der Waals surface area contributed by atoms with Gasteiger partial charge in [0.15, 0.2) is 0 Å². The van der Waals surface area contributed by atoms with Crippen molar-refractivity contribution >= 4 is 22.1 Å². The van der Waals surface area contributed by atoms with Crippen LogP contribution in [0.3, 0.4) is 0 Å². The highest BCUT2D eigenvalue weighted by atomic mass is 32.2. The summed E-state index contributed by atoms with van der Waals surface area (Å²) in [6, 6.07) is 6.93. The fraction of sp³-hybridized carbons (Fsp3) is 0.444. The van der Waals surface area contributed by atoms with Crippen LogP contribution >= 0.6 is 0 Å². The number of hydrogen-bond donors (Lipinski definition) is 1. The van der Waals surface area contributed by atoms with Gasteiger partial charge in [0.1, 0.15) is 6.61 Å². The Hall–Kier alpha value is -2.79. The summed E-state index contributed by atoms with van der Waals surface area (Å²) in [6.45, 7) is -0.171. The zero-order chi connectivity index (χ0) is 27.3. The average Bonchev–Trinajstić information content (AvgIpc) is 2.72. The van der Waals surface area contributed by atoms with Crippen molar-refractivity contribution in [3.8, 4) is 0 Å². The number of benzene rings is 1. The Balaban J connectivity index is 3.15. The predicted molar refractivity (Wildman–Crippen MR) is 98.0 cm³/mol. The van der Waals surface area contributed by atoms with E-state index in [-0.39, 0.29) is 5.56 Å². The molecule has 1 aromatic carbocycles. The normalized spacial score (nSPS) is 14.7. The van der Waals surface area contributed by atoms with Crippen molar-refractivity contribution in [2.24, 2.45) is 0 Å². The van der Waals surface area contributed by atoms with Crippen molar-refractivity contribution in [2.75, 3.05) is 6.61 Å². The van der Waals surface area contributed by atoms with Gasteiger partial charge in [0.2, 0.25) is 5.83 Å². The minimum absolute atomic E-state index is 0.130. The number of carbonyl (C=O) groups is 2. The molecule has 0 saturated carbocycles. The summed E-state index contributed by atoms with van der Waals surface area (Å²) in [6.07, 6.45) is -9.71. The topological polar surface area (TPSA) is 116 Å². The van der Waals surface area contributed by atoms with Gasteiger partial charge in [-0.2, -0.15) is 43.5 Å². The second-order valence-corrected chi connectivity index (χ2v) is 8.08. The van der Waals surface area contributed by atoms with E-state index in [2.05, 4.69) is 20.8 Å². The molecule has 198 valence electrons. The number of alkyl halides is 7. The molecule has 0 fully saturated rings. The molecular weight excluding hydrogens is 528 g/mol. The number of hydrogen-bond acceptors (Lipinski definition) is 7. The van der Waals surface area contributed by atoms with Crippen LogP contribution in [0, 0.1) is 0 Å². The zero-order valence-electron chi connectivity index (χ0n) is 17.2. The van der Waals surface area contributed by atoms with Gasteiger partial charge in [-0.05, 0) is 12.0 Å². The van der Waals surface area contributed by atoms with E-state index in [1.807, 2.05) is 0 Å². The smallest absolute Gasteiger partial charge is 0.456 e. The Morgan fingerprint density at radius 3 is 2.00 bits per heavy atom. The lowest BCUT2D eigenvalue weighted by molar-refractivity contribution is -0.355. The number of rotatable bonds is 12. The van der Waals surface area contributed by atoms with E-state index in [4.69, 9.17) is 4.55 Å². The highest BCUT2D eigenvalue weighted by Gasteiger charge is 2.68. The molecule has 0 radical (unpaired) electrons. The lowest BCUT2D eigenvalue weighted by atomic mass is 10.2.